The van der Waals surface area contributed by atoms with E-state index in [1.54, 1.807) is 11.6 Å². The average Bonchev–Trinajstić information content (AvgIpc) is 3.20. The Balaban J connectivity index is 1.64. The first-order valence-corrected chi connectivity index (χ1v) is 9.42. The highest BCUT2D eigenvalue weighted by molar-refractivity contribution is 5.90. The number of hydroxylamine groups is 1. The Kier molecular flexibility index (Phi) is 6.08. The minimum Gasteiger partial charge on any atom is -0.296 e. The molecule has 6 nitrogen and oxygen atoms in total. The van der Waals surface area contributed by atoms with Crippen LogP contribution >= 0.6 is 0 Å². The van der Waals surface area contributed by atoms with E-state index < -0.39 is 5.91 Å². The van der Waals surface area contributed by atoms with Crippen LogP contribution in [0.2, 0.25) is 0 Å². The maximum Gasteiger partial charge on any atom is 0.267 e. The van der Waals surface area contributed by atoms with Crippen LogP contribution in [0, 0.1) is 13.8 Å². The van der Waals surface area contributed by atoms with E-state index in [1.807, 2.05) is 23.9 Å². The molecule has 144 valence electrons. The standard InChI is InChI=1S/C21H28N4O2/c1-15-20(16(2)24(3)22-15)13-19-5-4-12-25(19)14-18-8-6-17(7-9-18)10-11-21(26)23-27/h6-11,19,27H,4-5,12-14H2,1-3H3,(H,23,26). The third-order valence-electron chi connectivity index (χ3n) is 5.50. The third-order valence-corrected chi connectivity index (χ3v) is 5.50. The van der Waals surface area contributed by atoms with E-state index >= 15 is 0 Å². The number of nitrogens with zero attached hydrogens (tertiary/aromatic N) is 3. The lowest BCUT2D eigenvalue weighted by Crippen LogP contribution is -2.31. The molecule has 1 unspecified atom stereocenters. The van der Waals surface area contributed by atoms with Gasteiger partial charge in [-0.2, -0.15) is 5.10 Å². The summed E-state index contributed by atoms with van der Waals surface area (Å²) in [5.41, 5.74) is 7.59. The fourth-order valence-electron chi connectivity index (χ4n) is 3.86. The second-order valence-corrected chi connectivity index (χ2v) is 7.29. The molecule has 27 heavy (non-hydrogen) atoms. The molecule has 1 aromatic carbocycles. The summed E-state index contributed by atoms with van der Waals surface area (Å²) in [6.07, 6.45) is 6.51. The van der Waals surface area contributed by atoms with Crippen LogP contribution in [0.1, 0.15) is 40.9 Å². The van der Waals surface area contributed by atoms with Gasteiger partial charge >= 0.3 is 0 Å². The van der Waals surface area contributed by atoms with Gasteiger partial charge in [-0.05, 0) is 62.4 Å². The number of carbonyl (C=O) groups is 1. The van der Waals surface area contributed by atoms with E-state index in [1.165, 1.54) is 35.7 Å². The first kappa shape index (κ1) is 19.3. The zero-order valence-corrected chi connectivity index (χ0v) is 16.3. The van der Waals surface area contributed by atoms with Crippen LogP contribution in [0.3, 0.4) is 0 Å². The van der Waals surface area contributed by atoms with Crippen molar-refractivity contribution in [1.29, 1.82) is 0 Å². The van der Waals surface area contributed by atoms with Gasteiger partial charge in [0.2, 0.25) is 0 Å². The number of benzene rings is 1. The lowest BCUT2D eigenvalue weighted by Gasteiger charge is -2.25. The normalized spacial score (nSPS) is 17.7. The second kappa shape index (κ2) is 8.50. The first-order chi connectivity index (χ1) is 13.0. The molecule has 1 atom stereocenters. The van der Waals surface area contributed by atoms with Gasteiger partial charge in [0.25, 0.3) is 5.91 Å². The van der Waals surface area contributed by atoms with Crippen molar-refractivity contribution >= 4 is 12.0 Å². The molecule has 0 saturated carbocycles. The monoisotopic (exact) mass is 368 g/mol. The lowest BCUT2D eigenvalue weighted by atomic mass is 10.0. The van der Waals surface area contributed by atoms with Crippen molar-refractivity contribution in [1.82, 2.24) is 20.2 Å². The van der Waals surface area contributed by atoms with Crippen molar-refractivity contribution < 1.29 is 10.0 Å². The Bertz CT molecular complexity index is 823. The van der Waals surface area contributed by atoms with Gasteiger partial charge < -0.3 is 0 Å². The van der Waals surface area contributed by atoms with Crippen LogP contribution < -0.4 is 5.48 Å². The molecule has 0 aliphatic carbocycles. The molecular weight excluding hydrogens is 340 g/mol. The van der Waals surface area contributed by atoms with E-state index in [0.29, 0.717) is 6.04 Å². The number of hydrogen-bond donors (Lipinski definition) is 2. The number of rotatable bonds is 6. The topological polar surface area (TPSA) is 70.4 Å². The average molecular weight is 368 g/mol. The molecule has 1 aliphatic rings. The van der Waals surface area contributed by atoms with Gasteiger partial charge in [0.05, 0.1) is 5.69 Å². The van der Waals surface area contributed by atoms with E-state index in [4.69, 9.17) is 5.21 Å². The van der Waals surface area contributed by atoms with E-state index in [2.05, 4.69) is 36.0 Å². The Morgan fingerprint density at radius 1 is 1.33 bits per heavy atom. The number of likely N-dealkylation sites (tertiary alicyclic amines) is 1. The molecule has 0 bridgehead atoms. The summed E-state index contributed by atoms with van der Waals surface area (Å²) in [4.78, 5) is 13.6. The summed E-state index contributed by atoms with van der Waals surface area (Å²) in [7, 11) is 2.01. The van der Waals surface area contributed by atoms with Crippen molar-refractivity contribution in [3.05, 3.63) is 58.4 Å². The fourth-order valence-corrected chi connectivity index (χ4v) is 3.86. The molecule has 1 aliphatic heterocycles. The molecular formula is C21H28N4O2. The number of nitrogens with one attached hydrogen (secondary N) is 1. The van der Waals surface area contributed by atoms with Crippen LogP contribution in [-0.2, 0) is 24.8 Å². The molecule has 2 N–H and O–H groups in total. The van der Waals surface area contributed by atoms with Gasteiger partial charge in [-0.15, -0.1) is 0 Å². The molecule has 1 saturated heterocycles. The van der Waals surface area contributed by atoms with E-state index in [-0.39, 0.29) is 0 Å². The maximum atomic E-state index is 11.1. The zero-order chi connectivity index (χ0) is 19.4. The molecule has 2 heterocycles. The number of hydrogen-bond acceptors (Lipinski definition) is 4. The Morgan fingerprint density at radius 3 is 2.70 bits per heavy atom. The van der Waals surface area contributed by atoms with Crippen molar-refractivity contribution in [2.24, 2.45) is 7.05 Å². The van der Waals surface area contributed by atoms with E-state index in [9.17, 15) is 4.79 Å². The Hall–Kier alpha value is -2.44. The van der Waals surface area contributed by atoms with Crippen molar-refractivity contribution in [2.75, 3.05) is 6.54 Å². The minimum absolute atomic E-state index is 0.528. The predicted octanol–water partition coefficient (Wildman–Crippen LogP) is 2.76. The number of aryl methyl sites for hydroxylation is 2. The van der Waals surface area contributed by atoms with Crippen LogP contribution in [0.4, 0.5) is 0 Å². The summed E-state index contributed by atoms with van der Waals surface area (Å²) in [5, 5.41) is 13.1. The highest BCUT2D eigenvalue weighted by Gasteiger charge is 2.26. The second-order valence-electron chi connectivity index (χ2n) is 7.29. The molecule has 6 heteroatoms. The van der Waals surface area contributed by atoms with Crippen molar-refractivity contribution in [3.63, 3.8) is 0 Å². The highest BCUT2D eigenvalue weighted by atomic mass is 16.5. The molecule has 0 spiro atoms. The van der Waals surface area contributed by atoms with Gasteiger partial charge in [0.15, 0.2) is 0 Å². The zero-order valence-electron chi connectivity index (χ0n) is 16.3. The molecule has 0 radical (unpaired) electrons. The third kappa shape index (κ3) is 4.64. The summed E-state index contributed by atoms with van der Waals surface area (Å²) in [5.74, 6) is -0.528. The maximum absolute atomic E-state index is 11.1. The molecule has 2 aromatic rings. The summed E-state index contributed by atoms with van der Waals surface area (Å²) in [6.45, 7) is 6.31. The van der Waals surface area contributed by atoms with Crippen LogP contribution in [0.25, 0.3) is 6.08 Å². The van der Waals surface area contributed by atoms with Gasteiger partial charge in [-0.1, -0.05) is 24.3 Å². The lowest BCUT2D eigenvalue weighted by molar-refractivity contribution is -0.124. The number of aromatic nitrogens is 2. The van der Waals surface area contributed by atoms with Gasteiger partial charge in [0, 0.05) is 31.4 Å². The fraction of sp³-hybridized carbons (Fsp3) is 0.429. The number of carbonyl (C=O) groups excluding carboxylic acids is 1. The molecule has 3 rings (SSSR count). The van der Waals surface area contributed by atoms with Crippen molar-refractivity contribution in [2.45, 2.75) is 45.7 Å². The van der Waals surface area contributed by atoms with Crippen molar-refractivity contribution in [3.8, 4) is 0 Å². The Morgan fingerprint density at radius 2 is 2.07 bits per heavy atom. The molecule has 1 fully saturated rings. The summed E-state index contributed by atoms with van der Waals surface area (Å²) >= 11 is 0. The minimum atomic E-state index is -0.528. The Labute approximate surface area is 160 Å². The number of amides is 1. The van der Waals surface area contributed by atoms with Crippen LogP contribution in [0.15, 0.2) is 30.3 Å². The quantitative estimate of drug-likeness (QED) is 0.467. The van der Waals surface area contributed by atoms with Gasteiger partial charge in [-0.25, -0.2) is 5.48 Å². The highest BCUT2D eigenvalue weighted by Crippen LogP contribution is 2.26. The largest absolute Gasteiger partial charge is 0.296 e. The summed E-state index contributed by atoms with van der Waals surface area (Å²) < 4.78 is 1.98. The van der Waals surface area contributed by atoms with Gasteiger partial charge in [-0.3, -0.25) is 19.6 Å². The summed E-state index contributed by atoms with van der Waals surface area (Å²) in [6, 6.07) is 8.76. The van der Waals surface area contributed by atoms with Gasteiger partial charge in [0.1, 0.15) is 0 Å². The molecule has 1 amide bonds. The van der Waals surface area contributed by atoms with Crippen LogP contribution in [-0.4, -0.2) is 38.4 Å². The first-order valence-electron chi connectivity index (χ1n) is 9.42. The van der Waals surface area contributed by atoms with E-state index in [0.717, 1.165) is 30.8 Å². The smallest absolute Gasteiger partial charge is 0.267 e. The molecule has 1 aromatic heterocycles. The van der Waals surface area contributed by atoms with Crippen LogP contribution in [0.5, 0.6) is 0 Å². The predicted molar refractivity (Wildman–Crippen MR) is 105 cm³/mol. The SMILES string of the molecule is Cc1nn(C)c(C)c1CC1CCCN1Cc1ccc(C=CC(=O)NO)cc1.